The van der Waals surface area contributed by atoms with Crippen LogP contribution in [0.15, 0.2) is 48.5 Å². The third kappa shape index (κ3) is 4.97. The second-order valence-corrected chi connectivity index (χ2v) is 7.59. The fourth-order valence-electron chi connectivity index (χ4n) is 3.47. The summed E-state index contributed by atoms with van der Waals surface area (Å²) in [6.07, 6.45) is -0.158. The van der Waals surface area contributed by atoms with Crippen LogP contribution in [0.3, 0.4) is 0 Å². The lowest BCUT2D eigenvalue weighted by atomic mass is 9.82. The Balaban J connectivity index is 1.72. The fraction of sp³-hybridized carbons (Fsp3) is 0.304. The van der Waals surface area contributed by atoms with Crippen LogP contribution in [0.4, 0.5) is 18.9 Å². The van der Waals surface area contributed by atoms with E-state index in [4.69, 9.17) is 5.73 Å². The zero-order valence-electron chi connectivity index (χ0n) is 16.5. The van der Waals surface area contributed by atoms with Crippen molar-refractivity contribution in [3.8, 4) is 0 Å². The molecule has 3 rings (SSSR count). The maximum absolute atomic E-state index is 12.8. The molecule has 0 aliphatic heterocycles. The minimum absolute atomic E-state index is 0.00774. The Morgan fingerprint density at radius 2 is 1.87 bits per heavy atom. The number of nitrogens with two attached hydrogens (primary N) is 1. The number of ketones is 1. The van der Waals surface area contributed by atoms with E-state index in [0.717, 1.165) is 12.1 Å². The van der Waals surface area contributed by atoms with Crippen molar-refractivity contribution in [1.29, 1.82) is 0 Å². The number of hydrogen-bond acceptors (Lipinski definition) is 3. The summed E-state index contributed by atoms with van der Waals surface area (Å²) in [5.74, 6) is -0.402. The zero-order valence-corrected chi connectivity index (χ0v) is 16.5. The van der Waals surface area contributed by atoms with Crippen molar-refractivity contribution in [3.05, 3.63) is 70.8 Å². The molecule has 0 aromatic heterocycles. The largest absolute Gasteiger partial charge is 0.416 e. The predicted molar refractivity (Wildman–Crippen MR) is 110 cm³/mol. The van der Waals surface area contributed by atoms with Gasteiger partial charge in [0, 0.05) is 22.7 Å². The Hall–Kier alpha value is -2.93. The number of hydrogen-bond donors (Lipinski definition) is 2. The molecule has 2 atom stereocenters. The van der Waals surface area contributed by atoms with Crippen LogP contribution in [-0.4, -0.2) is 18.2 Å². The normalized spacial score (nSPS) is 16.8. The van der Waals surface area contributed by atoms with E-state index in [0.29, 0.717) is 35.3 Å². The van der Waals surface area contributed by atoms with Gasteiger partial charge in [-0.15, -0.1) is 0 Å². The molecule has 2 aromatic carbocycles. The third-order valence-corrected chi connectivity index (χ3v) is 5.18. The lowest BCUT2D eigenvalue weighted by Gasteiger charge is -2.22. The number of Topliss-reactive ketones (excluding diaryl/α,β-unsaturated/α-hetero) is 1. The minimum atomic E-state index is -4.41. The highest BCUT2D eigenvalue weighted by Crippen LogP contribution is 2.32. The molecule has 3 N–H and O–H groups in total. The summed E-state index contributed by atoms with van der Waals surface area (Å²) in [5.41, 5.74) is 7.05. The van der Waals surface area contributed by atoms with Crippen LogP contribution >= 0.6 is 0 Å². The lowest BCUT2D eigenvalue weighted by Crippen LogP contribution is -2.23. The van der Waals surface area contributed by atoms with Gasteiger partial charge in [-0.05, 0) is 42.6 Å². The van der Waals surface area contributed by atoms with Crippen molar-refractivity contribution in [2.24, 2.45) is 17.6 Å². The van der Waals surface area contributed by atoms with Crippen molar-refractivity contribution in [3.63, 3.8) is 0 Å². The SMILES string of the molecule is C[C@@H](CN)CC1C=Cc2c(NC(=O)Cc3ccc(C(F)(F)F)cc3)cccc2C1=O. The van der Waals surface area contributed by atoms with E-state index in [2.05, 4.69) is 5.32 Å². The molecular weight excluding hydrogens is 393 g/mol. The van der Waals surface area contributed by atoms with Gasteiger partial charge in [0.1, 0.15) is 0 Å². The van der Waals surface area contributed by atoms with Crippen LogP contribution in [0.5, 0.6) is 0 Å². The van der Waals surface area contributed by atoms with E-state index in [9.17, 15) is 22.8 Å². The highest BCUT2D eigenvalue weighted by Gasteiger charge is 2.30. The first-order valence-electron chi connectivity index (χ1n) is 9.70. The van der Waals surface area contributed by atoms with Crippen LogP contribution in [0.1, 0.15) is 40.4 Å². The summed E-state index contributed by atoms with van der Waals surface area (Å²) in [6, 6.07) is 9.61. The quantitative estimate of drug-likeness (QED) is 0.717. The van der Waals surface area contributed by atoms with E-state index in [-0.39, 0.29) is 29.9 Å². The molecular formula is C23H23F3N2O2. The Labute approximate surface area is 173 Å². The number of anilines is 1. The molecule has 0 heterocycles. The molecule has 2 aromatic rings. The van der Waals surface area contributed by atoms with E-state index in [1.54, 1.807) is 18.2 Å². The molecule has 158 valence electrons. The van der Waals surface area contributed by atoms with Gasteiger partial charge in [0.2, 0.25) is 5.91 Å². The smallest absolute Gasteiger partial charge is 0.330 e. The molecule has 0 fully saturated rings. The molecule has 7 heteroatoms. The molecule has 0 bridgehead atoms. The van der Waals surface area contributed by atoms with Gasteiger partial charge in [0.05, 0.1) is 12.0 Å². The number of fused-ring (bicyclic) bond motifs is 1. The Kier molecular flexibility index (Phi) is 6.41. The molecule has 0 saturated heterocycles. The summed E-state index contributed by atoms with van der Waals surface area (Å²) in [4.78, 5) is 25.2. The number of amides is 1. The molecule has 1 aliphatic carbocycles. The summed E-state index contributed by atoms with van der Waals surface area (Å²) >= 11 is 0. The van der Waals surface area contributed by atoms with Crippen LogP contribution in [-0.2, 0) is 17.4 Å². The van der Waals surface area contributed by atoms with Crippen molar-refractivity contribution in [2.45, 2.75) is 25.9 Å². The summed E-state index contributed by atoms with van der Waals surface area (Å²) in [5, 5.41) is 2.77. The van der Waals surface area contributed by atoms with Gasteiger partial charge in [-0.3, -0.25) is 9.59 Å². The second-order valence-electron chi connectivity index (χ2n) is 7.59. The number of allylic oxidation sites excluding steroid dienone is 1. The molecule has 1 unspecified atom stereocenters. The van der Waals surface area contributed by atoms with Crippen molar-refractivity contribution < 1.29 is 22.8 Å². The molecule has 30 heavy (non-hydrogen) atoms. The van der Waals surface area contributed by atoms with Crippen molar-refractivity contribution in [2.75, 3.05) is 11.9 Å². The summed E-state index contributed by atoms with van der Waals surface area (Å²) in [7, 11) is 0. The molecule has 1 amide bonds. The number of carbonyl (C=O) groups excluding carboxylic acids is 2. The monoisotopic (exact) mass is 416 g/mol. The minimum Gasteiger partial charge on any atom is -0.330 e. The molecule has 0 saturated carbocycles. The number of carbonyl (C=O) groups is 2. The maximum Gasteiger partial charge on any atom is 0.416 e. The highest BCUT2D eigenvalue weighted by atomic mass is 19.4. The molecule has 0 spiro atoms. The Morgan fingerprint density at radius 1 is 1.17 bits per heavy atom. The van der Waals surface area contributed by atoms with Gasteiger partial charge in [0.15, 0.2) is 5.78 Å². The average Bonchev–Trinajstić information content (AvgIpc) is 2.70. The lowest BCUT2D eigenvalue weighted by molar-refractivity contribution is -0.137. The van der Waals surface area contributed by atoms with E-state index in [1.807, 2.05) is 19.1 Å². The number of halogens is 3. The topological polar surface area (TPSA) is 72.2 Å². The van der Waals surface area contributed by atoms with Crippen molar-refractivity contribution in [1.82, 2.24) is 0 Å². The zero-order chi connectivity index (χ0) is 21.9. The number of nitrogens with one attached hydrogen (secondary N) is 1. The van der Waals surface area contributed by atoms with Gasteiger partial charge >= 0.3 is 6.18 Å². The van der Waals surface area contributed by atoms with Gasteiger partial charge in [-0.1, -0.05) is 43.3 Å². The van der Waals surface area contributed by atoms with Gasteiger partial charge < -0.3 is 11.1 Å². The van der Waals surface area contributed by atoms with Crippen LogP contribution in [0, 0.1) is 11.8 Å². The number of alkyl halides is 3. The Morgan fingerprint density at radius 3 is 2.50 bits per heavy atom. The van der Waals surface area contributed by atoms with E-state index >= 15 is 0 Å². The number of rotatable bonds is 6. The number of benzene rings is 2. The third-order valence-electron chi connectivity index (χ3n) is 5.18. The second kappa shape index (κ2) is 8.83. The molecule has 0 radical (unpaired) electrons. The standard InChI is InChI=1S/C23H23F3N2O2/c1-14(13-27)11-16-7-10-18-19(22(16)30)3-2-4-20(18)28-21(29)12-15-5-8-17(9-6-15)23(24,25)26/h2-10,14,16H,11-13,27H2,1H3,(H,28,29)/t14-,16?/m1/s1. The highest BCUT2D eigenvalue weighted by molar-refractivity contribution is 6.07. The van der Waals surface area contributed by atoms with Gasteiger partial charge in [0.25, 0.3) is 0 Å². The molecule has 4 nitrogen and oxygen atoms in total. The molecule has 1 aliphatic rings. The van der Waals surface area contributed by atoms with E-state index < -0.39 is 11.7 Å². The van der Waals surface area contributed by atoms with Crippen LogP contribution in [0.25, 0.3) is 6.08 Å². The van der Waals surface area contributed by atoms with Crippen molar-refractivity contribution >= 4 is 23.5 Å². The van der Waals surface area contributed by atoms with Gasteiger partial charge in [-0.25, -0.2) is 0 Å². The maximum atomic E-state index is 12.8. The summed E-state index contributed by atoms with van der Waals surface area (Å²) < 4.78 is 38.0. The van der Waals surface area contributed by atoms with Crippen LogP contribution in [0.2, 0.25) is 0 Å². The summed E-state index contributed by atoms with van der Waals surface area (Å²) in [6.45, 7) is 2.50. The first-order chi connectivity index (χ1) is 14.2. The van der Waals surface area contributed by atoms with E-state index in [1.165, 1.54) is 12.1 Å². The Bertz CT molecular complexity index is 965. The predicted octanol–water partition coefficient (Wildman–Crippen LogP) is 4.70. The first-order valence-corrected chi connectivity index (χ1v) is 9.70. The average molecular weight is 416 g/mol. The van der Waals surface area contributed by atoms with Gasteiger partial charge in [-0.2, -0.15) is 13.2 Å². The first kappa shape index (κ1) is 21.8. The fourth-order valence-corrected chi connectivity index (χ4v) is 3.47. The van der Waals surface area contributed by atoms with Crippen LogP contribution < -0.4 is 11.1 Å².